The monoisotopic (exact) mass is 153 g/mol. The van der Waals surface area contributed by atoms with E-state index in [-0.39, 0.29) is 10.8 Å². The third kappa shape index (κ3) is 1.93. The second-order valence-corrected chi connectivity index (χ2v) is 2.32. The SMILES string of the molecule is CC[NH+]([O-])c1ccc(O)cc1. The molecule has 1 atom stereocenters. The Bertz CT molecular complexity index is 220. The number of benzene rings is 1. The summed E-state index contributed by atoms with van der Waals surface area (Å²) >= 11 is 0. The van der Waals surface area contributed by atoms with E-state index in [1.165, 1.54) is 12.1 Å². The summed E-state index contributed by atoms with van der Waals surface area (Å²) in [6.07, 6.45) is 0. The maximum atomic E-state index is 11.0. The number of aromatic hydroxyl groups is 1. The van der Waals surface area contributed by atoms with Crippen LogP contribution in [0.25, 0.3) is 0 Å². The first-order valence-corrected chi connectivity index (χ1v) is 3.56. The number of nitrogens with one attached hydrogen (secondary N) is 1. The fourth-order valence-electron chi connectivity index (χ4n) is 0.851. The fraction of sp³-hybridized carbons (Fsp3) is 0.250. The van der Waals surface area contributed by atoms with Crippen LogP contribution in [0, 0.1) is 5.21 Å². The van der Waals surface area contributed by atoms with Gasteiger partial charge in [0.15, 0.2) is 0 Å². The number of phenols is 1. The third-order valence-corrected chi connectivity index (χ3v) is 1.51. The summed E-state index contributed by atoms with van der Waals surface area (Å²) in [5.74, 6) is 0.192. The van der Waals surface area contributed by atoms with Gasteiger partial charge in [0.25, 0.3) is 0 Å². The summed E-state index contributed by atoms with van der Waals surface area (Å²) < 4.78 is 0. The molecule has 3 nitrogen and oxygen atoms in total. The lowest BCUT2D eigenvalue weighted by Crippen LogP contribution is -3.01. The first-order chi connectivity index (χ1) is 5.24. The highest BCUT2D eigenvalue weighted by molar-refractivity contribution is 5.34. The van der Waals surface area contributed by atoms with Gasteiger partial charge in [-0.05, 0) is 19.1 Å². The molecule has 0 aliphatic carbocycles. The molecule has 1 unspecified atom stereocenters. The number of rotatable bonds is 2. The van der Waals surface area contributed by atoms with Crippen molar-refractivity contribution >= 4 is 5.69 Å². The number of hydrogen-bond donors (Lipinski definition) is 2. The number of hydrogen-bond acceptors (Lipinski definition) is 2. The van der Waals surface area contributed by atoms with Gasteiger partial charge in [-0.2, -0.15) is 0 Å². The van der Waals surface area contributed by atoms with Crippen LogP contribution in [0.5, 0.6) is 5.75 Å². The van der Waals surface area contributed by atoms with Crippen molar-refractivity contribution < 1.29 is 10.2 Å². The van der Waals surface area contributed by atoms with Crippen LogP contribution < -0.4 is 5.06 Å². The highest BCUT2D eigenvalue weighted by Gasteiger charge is 1.97. The van der Waals surface area contributed by atoms with E-state index in [0.717, 1.165) is 0 Å². The molecule has 0 radical (unpaired) electrons. The number of quaternary nitrogens is 1. The molecule has 0 aromatic heterocycles. The third-order valence-electron chi connectivity index (χ3n) is 1.51. The Morgan fingerprint density at radius 1 is 1.36 bits per heavy atom. The van der Waals surface area contributed by atoms with E-state index in [0.29, 0.717) is 12.2 Å². The Labute approximate surface area is 65.5 Å². The van der Waals surface area contributed by atoms with Gasteiger partial charge < -0.3 is 15.4 Å². The Balaban J connectivity index is 2.81. The van der Waals surface area contributed by atoms with E-state index in [2.05, 4.69) is 0 Å². The van der Waals surface area contributed by atoms with Gasteiger partial charge in [-0.3, -0.25) is 0 Å². The highest BCUT2D eigenvalue weighted by atomic mass is 16.5. The molecule has 2 N–H and O–H groups in total. The largest absolute Gasteiger partial charge is 0.629 e. The van der Waals surface area contributed by atoms with Gasteiger partial charge in [0.2, 0.25) is 0 Å². The molecule has 0 saturated heterocycles. The Morgan fingerprint density at radius 3 is 2.36 bits per heavy atom. The second-order valence-electron chi connectivity index (χ2n) is 2.32. The average molecular weight is 153 g/mol. The zero-order valence-corrected chi connectivity index (χ0v) is 6.37. The molecule has 0 spiro atoms. The molecule has 3 heteroatoms. The zero-order chi connectivity index (χ0) is 8.27. The van der Waals surface area contributed by atoms with Crippen molar-refractivity contribution in [2.45, 2.75) is 6.92 Å². The smallest absolute Gasteiger partial charge is 0.131 e. The molecular formula is C8H11NO2. The van der Waals surface area contributed by atoms with Gasteiger partial charge in [-0.1, -0.05) is 0 Å². The van der Waals surface area contributed by atoms with E-state index in [9.17, 15) is 5.21 Å². The van der Waals surface area contributed by atoms with Crippen molar-refractivity contribution in [2.24, 2.45) is 0 Å². The molecule has 0 saturated carbocycles. The molecule has 0 bridgehead atoms. The molecule has 1 aromatic carbocycles. The van der Waals surface area contributed by atoms with Crippen molar-refractivity contribution in [2.75, 3.05) is 6.54 Å². The molecule has 0 aliphatic rings. The summed E-state index contributed by atoms with van der Waals surface area (Å²) in [6.45, 7) is 2.32. The molecule has 1 rings (SSSR count). The molecule has 0 aliphatic heterocycles. The van der Waals surface area contributed by atoms with Gasteiger partial charge in [0, 0.05) is 12.1 Å². The molecule has 1 aromatic rings. The molecule has 11 heavy (non-hydrogen) atoms. The second kappa shape index (κ2) is 3.37. The van der Waals surface area contributed by atoms with Gasteiger partial charge in [-0.25, -0.2) is 0 Å². The maximum absolute atomic E-state index is 11.0. The minimum absolute atomic E-state index is 0.102. The lowest BCUT2D eigenvalue weighted by Gasteiger charge is -2.19. The summed E-state index contributed by atoms with van der Waals surface area (Å²) in [5.41, 5.74) is 0.658. The van der Waals surface area contributed by atoms with Crippen LogP contribution in [-0.4, -0.2) is 11.7 Å². The Hall–Kier alpha value is -1.06. The van der Waals surface area contributed by atoms with E-state index in [4.69, 9.17) is 5.11 Å². The zero-order valence-electron chi connectivity index (χ0n) is 6.37. The molecular weight excluding hydrogens is 142 g/mol. The van der Waals surface area contributed by atoms with Crippen molar-refractivity contribution in [1.29, 1.82) is 0 Å². The van der Waals surface area contributed by atoms with Gasteiger partial charge >= 0.3 is 0 Å². The Kier molecular flexibility index (Phi) is 2.46. The lowest BCUT2D eigenvalue weighted by molar-refractivity contribution is -0.773. The molecule has 60 valence electrons. The normalized spacial score (nSPS) is 12.9. The number of hydroxylamine groups is 1. The number of phenolic OH excluding ortho intramolecular Hbond substituents is 1. The molecule has 0 heterocycles. The van der Waals surface area contributed by atoms with Gasteiger partial charge in [0.05, 0.1) is 6.54 Å². The van der Waals surface area contributed by atoms with E-state index in [1.807, 2.05) is 6.92 Å². The highest BCUT2D eigenvalue weighted by Crippen LogP contribution is 2.09. The lowest BCUT2D eigenvalue weighted by atomic mass is 10.3. The predicted octanol–water partition coefficient (Wildman–Crippen LogP) is 0.426. The van der Waals surface area contributed by atoms with Crippen LogP contribution in [0.3, 0.4) is 0 Å². The van der Waals surface area contributed by atoms with E-state index < -0.39 is 0 Å². The van der Waals surface area contributed by atoms with Crippen molar-refractivity contribution in [3.05, 3.63) is 29.5 Å². The summed E-state index contributed by atoms with van der Waals surface area (Å²) in [6, 6.07) is 6.29. The first kappa shape index (κ1) is 8.04. The van der Waals surface area contributed by atoms with Crippen LogP contribution in [0.4, 0.5) is 5.69 Å². The minimum atomic E-state index is 0.102. The molecule has 0 amide bonds. The van der Waals surface area contributed by atoms with Gasteiger partial charge in [-0.15, -0.1) is 0 Å². The predicted molar refractivity (Wildman–Crippen MR) is 42.6 cm³/mol. The maximum Gasteiger partial charge on any atom is 0.131 e. The quantitative estimate of drug-likeness (QED) is 0.478. The van der Waals surface area contributed by atoms with E-state index >= 15 is 0 Å². The van der Waals surface area contributed by atoms with Crippen LogP contribution in [0.15, 0.2) is 24.3 Å². The minimum Gasteiger partial charge on any atom is -0.629 e. The molecule has 0 fully saturated rings. The van der Waals surface area contributed by atoms with E-state index in [1.54, 1.807) is 12.1 Å². The van der Waals surface area contributed by atoms with Crippen molar-refractivity contribution in [3.63, 3.8) is 0 Å². The van der Waals surface area contributed by atoms with Crippen LogP contribution in [-0.2, 0) is 0 Å². The standard InChI is InChI=1S/C8H11NO2/c1-2-9(11)7-3-5-8(10)6-4-7/h3-6,9-10H,2H2,1H3. The van der Waals surface area contributed by atoms with Crippen LogP contribution >= 0.6 is 0 Å². The van der Waals surface area contributed by atoms with Crippen molar-refractivity contribution in [3.8, 4) is 5.75 Å². The fourth-order valence-corrected chi connectivity index (χ4v) is 0.851. The summed E-state index contributed by atoms with van der Waals surface area (Å²) in [5, 5.41) is 20.0. The average Bonchev–Trinajstić information content (AvgIpc) is 2.05. The van der Waals surface area contributed by atoms with Crippen LogP contribution in [0.1, 0.15) is 6.92 Å². The topological polar surface area (TPSA) is 47.7 Å². The van der Waals surface area contributed by atoms with Crippen LogP contribution in [0.2, 0.25) is 0 Å². The summed E-state index contributed by atoms with van der Waals surface area (Å²) in [4.78, 5) is 0. The van der Waals surface area contributed by atoms with Crippen molar-refractivity contribution in [1.82, 2.24) is 0 Å². The Morgan fingerprint density at radius 2 is 1.91 bits per heavy atom. The van der Waals surface area contributed by atoms with Gasteiger partial charge in [0.1, 0.15) is 11.4 Å². The first-order valence-electron chi connectivity index (χ1n) is 3.56. The summed E-state index contributed by atoms with van der Waals surface area (Å²) in [7, 11) is 0.